The molecule has 8 aromatic heterocycles. The third-order valence-electron chi connectivity index (χ3n) is 14.8. The Balaban J connectivity index is 0.000000179. The van der Waals surface area contributed by atoms with Crippen molar-refractivity contribution >= 4 is 64.4 Å². The summed E-state index contributed by atoms with van der Waals surface area (Å²) in [7, 11) is 4.31. The summed E-state index contributed by atoms with van der Waals surface area (Å²) in [6.07, 6.45) is 31.9. The van der Waals surface area contributed by atoms with Crippen LogP contribution in [0.25, 0.3) is 22.3 Å². The highest BCUT2D eigenvalue weighted by molar-refractivity contribution is 9.10. The average Bonchev–Trinajstić information content (AvgIpc) is 2.89. The molecule has 0 spiro atoms. The van der Waals surface area contributed by atoms with Crippen molar-refractivity contribution in [1.29, 1.82) is 0 Å². The lowest BCUT2D eigenvalue weighted by Crippen LogP contribution is -2.41. The molecule has 450 valence electrons. The summed E-state index contributed by atoms with van der Waals surface area (Å²) in [5.74, 6) is 4.77. The van der Waals surface area contributed by atoms with E-state index >= 15 is 0 Å². The van der Waals surface area contributed by atoms with E-state index in [0.717, 1.165) is 91.4 Å². The molecule has 85 heavy (non-hydrogen) atoms. The van der Waals surface area contributed by atoms with Crippen LogP contribution in [-0.2, 0) is 28.6 Å². The lowest BCUT2D eigenvalue weighted by molar-refractivity contribution is 0.00578. The number of aromatic nitrogens is 10. The molecule has 9 heterocycles. The van der Waals surface area contributed by atoms with Crippen molar-refractivity contribution in [3.8, 4) is 39.9 Å². The van der Waals surface area contributed by atoms with Crippen molar-refractivity contribution in [2.75, 3.05) is 33.8 Å². The normalized spacial score (nSPS) is 17.9. The van der Waals surface area contributed by atoms with Gasteiger partial charge in [-0.3, -0.25) is 4.98 Å². The number of nitrogens with zero attached hydrogens (tertiary/aromatic N) is 10. The molecule has 0 radical (unpaired) electrons. The van der Waals surface area contributed by atoms with Crippen molar-refractivity contribution in [3.63, 3.8) is 0 Å². The average molecular weight is 1280 g/mol. The Morgan fingerprint density at radius 3 is 1.40 bits per heavy atom. The molecule has 0 bridgehead atoms. The molecule has 0 unspecified atom stereocenters. The predicted molar refractivity (Wildman–Crippen MR) is 339 cm³/mol. The number of halogens is 4. The molecule has 2 saturated carbocycles. The maximum atomic E-state index is 12.7. The van der Waals surface area contributed by atoms with Gasteiger partial charge in [0, 0.05) is 124 Å². The van der Waals surface area contributed by atoms with Crippen LogP contribution in [0.4, 0.5) is 8.78 Å². The highest BCUT2D eigenvalue weighted by Gasteiger charge is 2.51. The molecule has 3 aliphatic rings. The van der Waals surface area contributed by atoms with Crippen LogP contribution in [0.1, 0.15) is 83.6 Å². The Morgan fingerprint density at radius 1 is 0.541 bits per heavy atom. The van der Waals surface area contributed by atoms with Gasteiger partial charge < -0.3 is 29.3 Å². The minimum absolute atomic E-state index is 0. The Morgan fingerprint density at radius 2 is 0.988 bits per heavy atom. The first-order valence-corrected chi connectivity index (χ1v) is 30.9. The number of ether oxygens (including phenoxy) is 3. The van der Waals surface area contributed by atoms with Crippen molar-refractivity contribution < 1.29 is 32.3 Å². The van der Waals surface area contributed by atoms with E-state index in [-0.39, 0.29) is 23.6 Å². The molecular formula is C62H74BBrClF2N11O5S2. The maximum Gasteiger partial charge on any atom is 0.496 e. The number of hydrogen-bond donors (Lipinski definition) is 1. The molecule has 1 saturated heterocycles. The van der Waals surface area contributed by atoms with Gasteiger partial charge >= 0.3 is 7.12 Å². The fraction of sp³-hybridized carbons (Fsp3) is 0.387. The van der Waals surface area contributed by atoms with Gasteiger partial charge in [0.15, 0.2) is 0 Å². The van der Waals surface area contributed by atoms with E-state index in [1.165, 1.54) is 50.2 Å². The third kappa shape index (κ3) is 20.4. The van der Waals surface area contributed by atoms with Crippen LogP contribution in [0.5, 0.6) is 17.6 Å². The zero-order chi connectivity index (χ0) is 60.1. The molecule has 0 amide bonds. The van der Waals surface area contributed by atoms with Crippen LogP contribution < -0.4 is 25.4 Å². The topological polar surface area (TPSA) is 201 Å². The molecule has 2 aliphatic carbocycles. The van der Waals surface area contributed by atoms with E-state index < -0.39 is 19.0 Å². The van der Waals surface area contributed by atoms with Crippen molar-refractivity contribution in [2.45, 2.75) is 113 Å². The molecule has 0 aromatic carbocycles. The van der Waals surface area contributed by atoms with Crippen molar-refractivity contribution in [2.24, 2.45) is 23.5 Å². The summed E-state index contributed by atoms with van der Waals surface area (Å²) in [6.45, 7) is 7.90. The molecule has 11 rings (SSSR count). The van der Waals surface area contributed by atoms with Gasteiger partial charge in [0.05, 0.1) is 37.0 Å². The fourth-order valence-corrected chi connectivity index (χ4v) is 10.6. The van der Waals surface area contributed by atoms with Crippen LogP contribution in [0.2, 0.25) is 0 Å². The standard InChI is InChI=1S/C23H26N4OS.C11H15BFNO2.C11H9FN2O.C11H17N3S.C6H6BrNO.ClH/c1-28-23-21(4-3-9-24-23)18-7-8-19(25-13-18)11-16-5-6-17(10-16)12-22-26-14-20(29-2)15-27-22;1-10(2)11(3,4)16-12(15-10)8-5-6-9(13)14-7-8;1-15-11-9(3-2-6-13-11)8-4-5-10(12)14-7-8;1-15-10-6-13-11(14-7-10)5-8-2-3-9(12)4-8;1-9-6-5(7)3-2-4-8-6;/h3-4,7-9,13-17H,5-6,10-12H2,1-2H3;5-7H,1-4H3;2-7H,1H3;6-9H,2-5,12H2,1H3;2-4H,1H3;1H/t16-,17-;;;8-,9-;;/m0..0../s1. The van der Waals surface area contributed by atoms with Crippen LogP contribution in [0.15, 0.2) is 149 Å². The van der Waals surface area contributed by atoms with Gasteiger partial charge in [0.2, 0.25) is 29.5 Å². The number of rotatable bonds is 14. The molecule has 1 aliphatic heterocycles. The molecule has 23 heteroatoms. The van der Waals surface area contributed by atoms with Gasteiger partial charge in [-0.2, -0.15) is 8.78 Å². The summed E-state index contributed by atoms with van der Waals surface area (Å²) < 4.78 is 53.1. The third-order valence-corrected chi connectivity index (χ3v) is 16.8. The molecule has 16 nitrogen and oxygen atoms in total. The first-order valence-electron chi connectivity index (χ1n) is 27.6. The Labute approximate surface area is 521 Å². The van der Waals surface area contributed by atoms with Gasteiger partial charge in [0.25, 0.3) is 0 Å². The number of thioether (sulfide) groups is 2. The van der Waals surface area contributed by atoms with Gasteiger partial charge in [0.1, 0.15) is 11.6 Å². The Bertz CT molecular complexity index is 3250. The second kappa shape index (κ2) is 33.6. The molecular weight excluding hydrogens is 1210 g/mol. The lowest BCUT2D eigenvalue weighted by Gasteiger charge is -2.32. The zero-order valence-electron chi connectivity index (χ0n) is 49.4. The van der Waals surface area contributed by atoms with Crippen LogP contribution in [-0.4, -0.2) is 108 Å². The fourth-order valence-electron chi connectivity index (χ4n) is 9.58. The smallest absolute Gasteiger partial charge is 0.481 e. The van der Waals surface area contributed by atoms with E-state index in [4.69, 9.17) is 34.2 Å². The van der Waals surface area contributed by atoms with E-state index in [2.05, 4.69) is 72.9 Å². The second-order valence-electron chi connectivity index (χ2n) is 21.2. The second-order valence-corrected chi connectivity index (χ2v) is 23.8. The van der Waals surface area contributed by atoms with E-state index in [1.54, 1.807) is 81.6 Å². The monoisotopic (exact) mass is 1280 g/mol. The summed E-state index contributed by atoms with van der Waals surface area (Å²) in [6, 6.07) is 21.8. The molecule has 3 fully saturated rings. The number of hydrogen-bond acceptors (Lipinski definition) is 18. The summed E-state index contributed by atoms with van der Waals surface area (Å²) in [4.78, 5) is 44.1. The highest BCUT2D eigenvalue weighted by atomic mass is 79.9. The molecule has 4 atom stereocenters. The van der Waals surface area contributed by atoms with Crippen molar-refractivity contribution in [3.05, 3.63) is 168 Å². The van der Waals surface area contributed by atoms with E-state index in [9.17, 15) is 8.78 Å². The largest absolute Gasteiger partial charge is 0.496 e. The molecule has 2 N–H and O–H groups in total. The maximum absolute atomic E-state index is 12.7. The van der Waals surface area contributed by atoms with Gasteiger partial charge in [-0.05, 0) is 179 Å². The Hall–Kier alpha value is -6.27. The SMILES string of the molecule is CC1(C)OB(c2ccc(F)nc2)OC1(C)C.COc1ncccc1-c1ccc(C[C@H]2CC[C@H](Cc3ncc(SC)cn3)C2)nc1.COc1ncccc1-c1ccc(F)nc1.COc1ncccc1Br.CSc1cnc(C[C@H]2CC[C@H](N)C2)nc1.Cl. The minimum Gasteiger partial charge on any atom is -0.481 e. The van der Waals surface area contributed by atoms with Crippen LogP contribution in [0, 0.1) is 29.6 Å². The number of methoxy groups -OCH3 is 3. The number of nitrogens with two attached hydrogens (primary N) is 1. The summed E-state index contributed by atoms with van der Waals surface area (Å²) in [5, 5.41) is 0. The number of pyridine rings is 6. The predicted octanol–water partition coefficient (Wildman–Crippen LogP) is 12.8. The molecule has 8 aromatic rings. The van der Waals surface area contributed by atoms with Crippen LogP contribution in [0.3, 0.4) is 0 Å². The summed E-state index contributed by atoms with van der Waals surface area (Å²) in [5.41, 5.74) is 10.6. The van der Waals surface area contributed by atoms with Gasteiger partial charge in [-0.25, -0.2) is 44.9 Å². The Kier molecular flexibility index (Phi) is 26.8. The lowest BCUT2D eigenvalue weighted by atomic mass is 9.80. The highest BCUT2D eigenvalue weighted by Crippen LogP contribution is 2.37. The van der Waals surface area contributed by atoms with E-state index in [0.29, 0.717) is 41.4 Å². The van der Waals surface area contributed by atoms with Gasteiger partial charge in [-0.15, -0.1) is 35.9 Å². The first-order chi connectivity index (χ1) is 40.5. The van der Waals surface area contributed by atoms with Crippen molar-refractivity contribution in [1.82, 2.24) is 49.8 Å². The summed E-state index contributed by atoms with van der Waals surface area (Å²) >= 11 is 6.63. The quantitative estimate of drug-likeness (QED) is 0.0611. The minimum atomic E-state index is -0.500. The van der Waals surface area contributed by atoms with E-state index in [1.807, 2.05) is 102 Å². The van der Waals surface area contributed by atoms with Crippen LogP contribution >= 0.6 is 51.9 Å². The zero-order valence-corrected chi connectivity index (χ0v) is 53.4. The first kappa shape index (κ1) is 67.9. The van der Waals surface area contributed by atoms with Gasteiger partial charge in [-0.1, -0.05) is 12.1 Å².